The highest BCUT2D eigenvalue weighted by atomic mass is 32.2. The van der Waals surface area contributed by atoms with Crippen molar-refractivity contribution >= 4 is 23.0 Å². The number of H-pyrrole nitrogens is 1. The number of nitrogens with one attached hydrogen (secondary N) is 1. The van der Waals surface area contributed by atoms with E-state index >= 15 is 0 Å². The number of hydrogen-bond acceptors (Lipinski definition) is 4. The van der Waals surface area contributed by atoms with Crippen molar-refractivity contribution in [1.82, 2.24) is 19.7 Å². The minimum absolute atomic E-state index is 0.151. The molecule has 2 aromatic rings. The Morgan fingerprint density at radius 3 is 2.79 bits per heavy atom. The Balaban J connectivity index is 2.33. The van der Waals surface area contributed by atoms with Crippen molar-refractivity contribution in [2.75, 3.05) is 12.0 Å². The molecule has 0 aromatic carbocycles. The van der Waals surface area contributed by atoms with Crippen LogP contribution in [0.5, 0.6) is 0 Å². The first-order valence-corrected chi connectivity index (χ1v) is 8.10. The van der Waals surface area contributed by atoms with Crippen LogP contribution in [0.15, 0.2) is 24.5 Å². The maximum Gasteiger partial charge on any atom is 0.195 e. The van der Waals surface area contributed by atoms with Gasteiger partial charge in [-0.1, -0.05) is 0 Å². The molecule has 0 fully saturated rings. The number of aromatic amines is 1. The minimum atomic E-state index is -0.793. The van der Waals surface area contributed by atoms with Crippen molar-refractivity contribution in [2.24, 2.45) is 0 Å². The lowest BCUT2D eigenvalue weighted by atomic mass is 10.2. The molecule has 0 radical (unpaired) electrons. The summed E-state index contributed by atoms with van der Waals surface area (Å²) in [6, 6.07) is 3.94. The first-order chi connectivity index (χ1) is 9.09. The molecule has 0 aliphatic carbocycles. The van der Waals surface area contributed by atoms with Crippen LogP contribution in [0, 0.1) is 4.77 Å². The van der Waals surface area contributed by atoms with E-state index < -0.39 is 10.8 Å². The molecule has 2 atom stereocenters. The van der Waals surface area contributed by atoms with Crippen molar-refractivity contribution in [3.63, 3.8) is 0 Å². The van der Waals surface area contributed by atoms with E-state index in [2.05, 4.69) is 22.1 Å². The maximum absolute atomic E-state index is 11.2. The summed E-state index contributed by atoms with van der Waals surface area (Å²) in [6.45, 7) is 2.06. The summed E-state index contributed by atoms with van der Waals surface area (Å²) in [6.07, 6.45) is 5.96. The number of pyridine rings is 1. The fraction of sp³-hybridized carbons (Fsp3) is 0.417. The standard InChI is InChI=1S/C12H16N4OS2/c1-9(5-8-19(2)17)16-11(14-15-12(16)18)10-3-6-13-7-4-10/h3-4,6-7,9H,5,8H2,1-2H3,(H,15,18). The highest BCUT2D eigenvalue weighted by Crippen LogP contribution is 2.22. The van der Waals surface area contributed by atoms with Gasteiger partial charge < -0.3 is 0 Å². The van der Waals surface area contributed by atoms with Gasteiger partial charge in [-0.3, -0.25) is 18.9 Å². The lowest BCUT2D eigenvalue weighted by Crippen LogP contribution is -2.10. The summed E-state index contributed by atoms with van der Waals surface area (Å²) in [4.78, 5) is 4.00. The Morgan fingerprint density at radius 2 is 2.16 bits per heavy atom. The zero-order chi connectivity index (χ0) is 13.8. The quantitative estimate of drug-likeness (QED) is 0.860. The highest BCUT2D eigenvalue weighted by Gasteiger charge is 2.14. The average Bonchev–Trinajstić information content (AvgIpc) is 2.79. The molecule has 0 aliphatic rings. The number of aromatic nitrogens is 4. The highest BCUT2D eigenvalue weighted by molar-refractivity contribution is 7.84. The molecule has 2 rings (SSSR count). The zero-order valence-electron chi connectivity index (χ0n) is 10.9. The van der Waals surface area contributed by atoms with Crippen molar-refractivity contribution in [3.8, 4) is 11.4 Å². The summed E-state index contributed by atoms with van der Waals surface area (Å²) in [7, 11) is -0.793. The first-order valence-electron chi connectivity index (χ1n) is 5.97. The van der Waals surface area contributed by atoms with Gasteiger partial charge >= 0.3 is 0 Å². The number of hydrogen-bond donors (Lipinski definition) is 1. The molecule has 0 saturated heterocycles. The second-order valence-corrected chi connectivity index (χ2v) is 6.31. The molecular formula is C12H16N4OS2. The van der Waals surface area contributed by atoms with Crippen LogP contribution < -0.4 is 0 Å². The Bertz CT molecular complexity index is 620. The molecule has 2 unspecified atom stereocenters. The van der Waals surface area contributed by atoms with Gasteiger partial charge in [-0.2, -0.15) is 5.10 Å². The van der Waals surface area contributed by atoms with Crippen LogP contribution in [0.4, 0.5) is 0 Å². The molecule has 2 heterocycles. The molecule has 102 valence electrons. The molecule has 1 N–H and O–H groups in total. The smallest absolute Gasteiger partial charge is 0.195 e. The predicted molar refractivity (Wildman–Crippen MR) is 78.9 cm³/mol. The van der Waals surface area contributed by atoms with Crippen LogP contribution in [0.25, 0.3) is 11.4 Å². The zero-order valence-corrected chi connectivity index (χ0v) is 12.5. The summed E-state index contributed by atoms with van der Waals surface area (Å²) in [5.74, 6) is 1.45. The Morgan fingerprint density at radius 1 is 1.47 bits per heavy atom. The number of nitrogens with zero attached hydrogens (tertiary/aromatic N) is 3. The molecule has 0 amide bonds. The van der Waals surface area contributed by atoms with Crippen LogP contribution in [-0.2, 0) is 10.8 Å². The average molecular weight is 296 g/mol. The second kappa shape index (κ2) is 6.21. The summed E-state index contributed by atoms with van der Waals surface area (Å²) in [5.41, 5.74) is 0.965. The molecule has 2 aromatic heterocycles. The van der Waals surface area contributed by atoms with Crippen molar-refractivity contribution in [1.29, 1.82) is 0 Å². The largest absolute Gasteiger partial charge is 0.297 e. The van der Waals surface area contributed by atoms with Crippen LogP contribution in [0.1, 0.15) is 19.4 Å². The van der Waals surface area contributed by atoms with E-state index in [0.717, 1.165) is 17.8 Å². The molecule has 0 saturated carbocycles. The third-order valence-corrected chi connectivity index (χ3v) is 4.01. The summed E-state index contributed by atoms with van der Waals surface area (Å²) >= 11 is 5.28. The van der Waals surface area contributed by atoms with E-state index in [-0.39, 0.29) is 6.04 Å². The van der Waals surface area contributed by atoms with Crippen molar-refractivity contribution in [3.05, 3.63) is 29.3 Å². The monoisotopic (exact) mass is 296 g/mol. The van der Waals surface area contributed by atoms with Gasteiger partial charge in [0.25, 0.3) is 0 Å². The lowest BCUT2D eigenvalue weighted by Gasteiger charge is -2.14. The van der Waals surface area contributed by atoms with Crippen LogP contribution in [0.2, 0.25) is 0 Å². The van der Waals surface area contributed by atoms with Crippen LogP contribution in [0.3, 0.4) is 0 Å². The minimum Gasteiger partial charge on any atom is -0.297 e. The maximum atomic E-state index is 11.2. The Hall–Kier alpha value is -1.34. The molecule has 0 aliphatic heterocycles. The summed E-state index contributed by atoms with van der Waals surface area (Å²) in [5, 5.41) is 7.10. The van der Waals surface area contributed by atoms with Crippen molar-refractivity contribution in [2.45, 2.75) is 19.4 Å². The Labute approximate surface area is 119 Å². The third kappa shape index (κ3) is 3.36. The van der Waals surface area contributed by atoms with E-state index in [1.54, 1.807) is 18.6 Å². The molecule has 7 heteroatoms. The van der Waals surface area contributed by atoms with E-state index in [0.29, 0.717) is 10.5 Å². The van der Waals surface area contributed by atoms with Gasteiger partial charge in [0, 0.05) is 46.8 Å². The predicted octanol–water partition coefficient (Wildman–Crippen LogP) is 2.33. The van der Waals surface area contributed by atoms with E-state index in [4.69, 9.17) is 12.2 Å². The van der Waals surface area contributed by atoms with Gasteiger partial charge in [-0.15, -0.1) is 0 Å². The fourth-order valence-corrected chi connectivity index (χ4v) is 2.87. The number of rotatable bonds is 5. The van der Waals surface area contributed by atoms with Gasteiger partial charge in [-0.05, 0) is 37.7 Å². The van der Waals surface area contributed by atoms with Crippen molar-refractivity contribution < 1.29 is 4.21 Å². The molecule has 0 bridgehead atoms. The lowest BCUT2D eigenvalue weighted by molar-refractivity contribution is 0.529. The van der Waals surface area contributed by atoms with Crippen LogP contribution in [-0.4, -0.2) is 36.0 Å². The summed E-state index contributed by atoms with van der Waals surface area (Å²) < 4.78 is 13.8. The topological polar surface area (TPSA) is 63.6 Å². The van der Waals surface area contributed by atoms with E-state index in [1.807, 2.05) is 16.7 Å². The third-order valence-electron chi connectivity index (χ3n) is 2.91. The van der Waals surface area contributed by atoms with Gasteiger partial charge in [0.05, 0.1) is 0 Å². The molecule has 0 spiro atoms. The normalized spacial score (nSPS) is 14.2. The van der Waals surface area contributed by atoms with Gasteiger partial charge in [0.1, 0.15) is 0 Å². The second-order valence-electron chi connectivity index (χ2n) is 4.37. The molecule has 5 nitrogen and oxygen atoms in total. The Kier molecular flexibility index (Phi) is 4.60. The first kappa shape index (κ1) is 14.1. The van der Waals surface area contributed by atoms with Gasteiger partial charge in [0.15, 0.2) is 10.6 Å². The van der Waals surface area contributed by atoms with E-state index in [9.17, 15) is 4.21 Å². The van der Waals surface area contributed by atoms with Gasteiger partial charge in [0.2, 0.25) is 0 Å². The van der Waals surface area contributed by atoms with E-state index in [1.165, 1.54) is 0 Å². The van der Waals surface area contributed by atoms with Crippen LogP contribution >= 0.6 is 12.2 Å². The SMILES string of the molecule is CC(CCS(C)=O)n1c(-c2ccncc2)n[nH]c1=S. The fourth-order valence-electron chi connectivity index (χ4n) is 1.88. The molecular weight excluding hydrogens is 280 g/mol. The molecule has 19 heavy (non-hydrogen) atoms. The van der Waals surface area contributed by atoms with Gasteiger partial charge in [-0.25, -0.2) is 0 Å².